The Morgan fingerprint density at radius 2 is 0.788 bits per heavy atom. The first kappa shape index (κ1) is 29.7. The van der Waals surface area contributed by atoms with E-state index in [9.17, 15) is 28.8 Å². The van der Waals surface area contributed by atoms with Gasteiger partial charge in [-0.1, -0.05) is 6.92 Å². The summed E-state index contributed by atoms with van der Waals surface area (Å²) < 4.78 is 0. The maximum atomic E-state index is 12.1. The number of amides is 6. The zero-order chi connectivity index (χ0) is 25.3. The molecule has 0 aliphatic rings. The standard InChI is InChI=1S/C18H35N9O6/c1-2-18(9-25-15(31)6-22-12(28)3-19,10-26-16(32)7-23-13(29)4-20)11-27-17(33)8-24-14(30)5-21/h2-11,19-21H2,1H3,(H,22,28)(H,23,29)(H,24,30)(H,25,31)(H,26,32)(H,27,33). The van der Waals surface area contributed by atoms with E-state index < -0.39 is 40.9 Å². The maximum Gasteiger partial charge on any atom is 0.239 e. The third kappa shape index (κ3) is 13.7. The van der Waals surface area contributed by atoms with Gasteiger partial charge >= 0.3 is 0 Å². The van der Waals surface area contributed by atoms with E-state index in [1.165, 1.54) is 0 Å². The highest BCUT2D eigenvalue weighted by Crippen LogP contribution is 2.19. The lowest BCUT2D eigenvalue weighted by Gasteiger charge is -2.33. The Morgan fingerprint density at radius 1 is 0.515 bits per heavy atom. The van der Waals surface area contributed by atoms with Gasteiger partial charge in [0.1, 0.15) is 0 Å². The van der Waals surface area contributed by atoms with Crippen LogP contribution in [0.5, 0.6) is 0 Å². The second kappa shape index (κ2) is 16.3. The van der Waals surface area contributed by atoms with E-state index >= 15 is 0 Å². The second-order valence-corrected chi connectivity index (χ2v) is 7.13. The van der Waals surface area contributed by atoms with Crippen LogP contribution in [-0.4, -0.2) is 94.3 Å². The summed E-state index contributed by atoms with van der Waals surface area (Å²) in [5.41, 5.74) is 14.7. The van der Waals surface area contributed by atoms with Crippen molar-refractivity contribution in [3.05, 3.63) is 0 Å². The number of rotatable bonds is 16. The molecular weight excluding hydrogens is 438 g/mol. The predicted octanol–water partition coefficient (Wildman–Crippen LogP) is -6.04. The molecule has 0 fully saturated rings. The first-order chi connectivity index (χ1) is 15.6. The molecule has 6 amide bonds. The molecule has 0 spiro atoms. The van der Waals surface area contributed by atoms with E-state index in [1.807, 2.05) is 0 Å². The summed E-state index contributed by atoms with van der Waals surface area (Å²) >= 11 is 0. The van der Waals surface area contributed by atoms with Crippen LogP contribution in [0.2, 0.25) is 0 Å². The zero-order valence-corrected chi connectivity index (χ0v) is 18.8. The third-order valence-corrected chi connectivity index (χ3v) is 4.63. The summed E-state index contributed by atoms with van der Waals surface area (Å²) in [6.45, 7) is 0.305. The van der Waals surface area contributed by atoms with Crippen LogP contribution in [0.25, 0.3) is 0 Å². The Hall–Kier alpha value is -3.30. The molecule has 15 heteroatoms. The van der Waals surface area contributed by atoms with Crippen molar-refractivity contribution in [1.82, 2.24) is 31.9 Å². The lowest BCUT2D eigenvalue weighted by atomic mass is 9.84. The highest BCUT2D eigenvalue weighted by molar-refractivity contribution is 5.87. The minimum absolute atomic E-state index is 0.0473. The van der Waals surface area contributed by atoms with E-state index in [0.717, 1.165) is 0 Å². The molecule has 0 aromatic rings. The van der Waals surface area contributed by atoms with Crippen molar-refractivity contribution in [2.24, 2.45) is 22.6 Å². The van der Waals surface area contributed by atoms with Gasteiger partial charge in [-0.25, -0.2) is 0 Å². The van der Waals surface area contributed by atoms with Gasteiger partial charge in [0, 0.05) is 25.0 Å². The summed E-state index contributed by atoms with van der Waals surface area (Å²) in [6.07, 6.45) is 0.424. The van der Waals surface area contributed by atoms with Crippen LogP contribution in [0.1, 0.15) is 13.3 Å². The van der Waals surface area contributed by atoms with E-state index in [4.69, 9.17) is 17.2 Å². The molecule has 12 N–H and O–H groups in total. The molecule has 0 saturated carbocycles. The lowest BCUT2D eigenvalue weighted by molar-refractivity contribution is -0.126. The van der Waals surface area contributed by atoms with E-state index in [2.05, 4.69) is 31.9 Å². The average molecular weight is 474 g/mol. The van der Waals surface area contributed by atoms with Gasteiger partial charge in [-0.05, 0) is 6.42 Å². The SMILES string of the molecule is CCC(CNC(=O)CNC(=O)CN)(CNC(=O)CNC(=O)CN)CNC(=O)CNC(=O)CN. The van der Waals surface area contributed by atoms with Gasteiger partial charge in [0.15, 0.2) is 0 Å². The fourth-order valence-electron chi connectivity index (χ4n) is 2.36. The molecular formula is C18H35N9O6. The van der Waals surface area contributed by atoms with E-state index in [-0.39, 0.29) is 58.9 Å². The molecule has 0 aromatic carbocycles. The van der Waals surface area contributed by atoms with Crippen molar-refractivity contribution in [2.75, 3.05) is 58.9 Å². The summed E-state index contributed by atoms with van der Waals surface area (Å²) in [6, 6.07) is 0. The van der Waals surface area contributed by atoms with E-state index in [1.54, 1.807) is 6.92 Å². The van der Waals surface area contributed by atoms with Crippen molar-refractivity contribution in [1.29, 1.82) is 0 Å². The number of hydrogen-bond donors (Lipinski definition) is 9. The number of nitrogens with two attached hydrogens (primary N) is 3. The monoisotopic (exact) mass is 473 g/mol. The molecule has 0 saturated heterocycles. The highest BCUT2D eigenvalue weighted by atomic mass is 16.2. The smallest absolute Gasteiger partial charge is 0.239 e. The van der Waals surface area contributed by atoms with Gasteiger partial charge < -0.3 is 49.1 Å². The minimum atomic E-state index is -0.811. The Kier molecular flexibility index (Phi) is 14.7. The quantitative estimate of drug-likeness (QED) is 0.103. The molecule has 0 aliphatic carbocycles. The molecule has 0 unspecified atom stereocenters. The summed E-state index contributed by atoms with van der Waals surface area (Å²) in [5.74, 6) is -2.95. The van der Waals surface area contributed by atoms with Crippen LogP contribution in [0.3, 0.4) is 0 Å². The van der Waals surface area contributed by atoms with Crippen molar-refractivity contribution in [3.8, 4) is 0 Å². The second-order valence-electron chi connectivity index (χ2n) is 7.13. The molecule has 0 heterocycles. The van der Waals surface area contributed by atoms with Crippen LogP contribution in [0, 0.1) is 5.41 Å². The Morgan fingerprint density at radius 3 is 1.00 bits per heavy atom. The first-order valence-electron chi connectivity index (χ1n) is 10.3. The van der Waals surface area contributed by atoms with Gasteiger partial charge in [0.25, 0.3) is 0 Å². The number of carbonyl (C=O) groups is 6. The van der Waals surface area contributed by atoms with E-state index in [0.29, 0.717) is 6.42 Å². The van der Waals surface area contributed by atoms with Crippen LogP contribution < -0.4 is 49.1 Å². The van der Waals surface area contributed by atoms with Crippen LogP contribution >= 0.6 is 0 Å². The predicted molar refractivity (Wildman–Crippen MR) is 118 cm³/mol. The van der Waals surface area contributed by atoms with Crippen LogP contribution in [0.15, 0.2) is 0 Å². The molecule has 0 radical (unpaired) electrons. The lowest BCUT2D eigenvalue weighted by Crippen LogP contribution is -2.54. The summed E-state index contributed by atoms with van der Waals surface area (Å²) in [7, 11) is 0. The van der Waals surface area contributed by atoms with Gasteiger partial charge in [-0.2, -0.15) is 0 Å². The topological polar surface area (TPSA) is 253 Å². The van der Waals surface area contributed by atoms with Crippen molar-refractivity contribution >= 4 is 35.4 Å². The first-order valence-corrected chi connectivity index (χ1v) is 10.3. The highest BCUT2D eigenvalue weighted by Gasteiger charge is 2.30. The molecule has 0 bridgehead atoms. The van der Waals surface area contributed by atoms with Crippen molar-refractivity contribution in [2.45, 2.75) is 13.3 Å². The van der Waals surface area contributed by atoms with Gasteiger partial charge in [-0.15, -0.1) is 0 Å². The van der Waals surface area contributed by atoms with Crippen LogP contribution in [0.4, 0.5) is 0 Å². The maximum absolute atomic E-state index is 12.1. The summed E-state index contributed by atoms with van der Waals surface area (Å²) in [4.78, 5) is 69.8. The Labute approximate surface area is 191 Å². The fraction of sp³-hybridized carbons (Fsp3) is 0.667. The molecule has 0 aliphatic heterocycles. The van der Waals surface area contributed by atoms with Gasteiger partial charge in [0.2, 0.25) is 35.4 Å². The minimum Gasteiger partial charge on any atom is -0.354 e. The fourth-order valence-corrected chi connectivity index (χ4v) is 2.36. The molecule has 0 atom stereocenters. The zero-order valence-electron chi connectivity index (χ0n) is 18.8. The molecule has 15 nitrogen and oxygen atoms in total. The molecule has 0 aromatic heterocycles. The molecule has 0 rings (SSSR count). The van der Waals surface area contributed by atoms with Crippen molar-refractivity contribution in [3.63, 3.8) is 0 Å². The molecule has 188 valence electrons. The van der Waals surface area contributed by atoms with Crippen molar-refractivity contribution < 1.29 is 28.8 Å². The number of carbonyl (C=O) groups excluding carboxylic acids is 6. The van der Waals surface area contributed by atoms with Gasteiger partial charge in [0.05, 0.1) is 39.3 Å². The number of nitrogens with one attached hydrogen (secondary N) is 6. The Balaban J connectivity index is 5.03. The van der Waals surface area contributed by atoms with Gasteiger partial charge in [-0.3, -0.25) is 28.8 Å². The normalized spacial score (nSPS) is 10.5. The third-order valence-electron chi connectivity index (χ3n) is 4.63. The van der Waals surface area contributed by atoms with Crippen LogP contribution in [-0.2, 0) is 28.8 Å². The molecule has 33 heavy (non-hydrogen) atoms. The largest absolute Gasteiger partial charge is 0.354 e. The Bertz CT molecular complexity index is 613. The average Bonchev–Trinajstić information content (AvgIpc) is 2.83. The summed E-state index contributed by atoms with van der Waals surface area (Å²) in [5, 5.41) is 15.0. The number of hydrogen-bond acceptors (Lipinski definition) is 9.